The lowest BCUT2D eigenvalue weighted by Crippen LogP contribution is -2.22. The lowest BCUT2D eigenvalue weighted by atomic mass is 10.0. The van der Waals surface area contributed by atoms with Crippen LogP contribution in [0.4, 0.5) is 14.5 Å². The van der Waals surface area contributed by atoms with Crippen molar-refractivity contribution < 1.29 is 23.2 Å². The summed E-state index contributed by atoms with van der Waals surface area (Å²) >= 11 is 3.28. The molecule has 2 aromatic heterocycles. The lowest BCUT2D eigenvalue weighted by molar-refractivity contribution is -0.387. The predicted molar refractivity (Wildman–Crippen MR) is 118 cm³/mol. The average molecular weight is 512 g/mol. The number of halogens is 3. The Morgan fingerprint density at radius 2 is 2.03 bits per heavy atom. The molecule has 0 amide bonds. The van der Waals surface area contributed by atoms with Gasteiger partial charge in [0.15, 0.2) is 0 Å². The van der Waals surface area contributed by atoms with Gasteiger partial charge in [-0.1, -0.05) is 19.6 Å². The lowest BCUT2D eigenvalue weighted by Gasteiger charge is -2.15. The fourth-order valence-corrected chi connectivity index (χ4v) is 4.08. The van der Waals surface area contributed by atoms with Crippen LogP contribution >= 0.6 is 15.9 Å². The molecule has 31 heavy (non-hydrogen) atoms. The highest BCUT2D eigenvalue weighted by molar-refractivity contribution is 9.10. The number of hydrogen-bond donors (Lipinski definition) is 0. The molecule has 0 N–H and O–H groups in total. The van der Waals surface area contributed by atoms with Crippen LogP contribution in [-0.4, -0.2) is 34.9 Å². The maximum Gasteiger partial charge on any atom is 0.305 e. The van der Waals surface area contributed by atoms with E-state index in [1.807, 2.05) is 0 Å². The predicted octanol–water partition coefficient (Wildman–Crippen LogP) is 5.53. The number of aromatic nitrogens is 2. The SMILES string of the molecule is C[Si](C)(C)CCOCn1cc(C(=O)c2c(F)ccc([N+](=O)[O-])c2F)c2cc(Br)cnc21. The van der Waals surface area contributed by atoms with E-state index in [4.69, 9.17) is 4.74 Å². The largest absolute Gasteiger partial charge is 0.361 e. The third kappa shape index (κ3) is 5.05. The van der Waals surface area contributed by atoms with E-state index in [-0.39, 0.29) is 12.3 Å². The number of nitrogens with zero attached hydrogens (tertiary/aromatic N) is 3. The van der Waals surface area contributed by atoms with Crippen molar-refractivity contribution in [3.8, 4) is 0 Å². The molecular formula is C20H20BrF2N3O4Si. The molecular weight excluding hydrogens is 492 g/mol. The first-order valence-corrected chi connectivity index (χ1v) is 13.9. The molecule has 0 aliphatic rings. The molecule has 0 unspecified atom stereocenters. The first kappa shape index (κ1) is 23.2. The molecule has 0 fully saturated rings. The number of rotatable bonds is 8. The molecule has 3 aromatic rings. The molecule has 0 aliphatic carbocycles. The summed E-state index contributed by atoms with van der Waals surface area (Å²) in [6.07, 6.45) is 2.93. The van der Waals surface area contributed by atoms with E-state index in [9.17, 15) is 23.7 Å². The smallest absolute Gasteiger partial charge is 0.305 e. The Balaban J connectivity index is 2.03. The van der Waals surface area contributed by atoms with Gasteiger partial charge in [0, 0.05) is 43.0 Å². The number of pyridine rings is 1. The molecule has 0 atom stereocenters. The number of nitro groups is 1. The highest BCUT2D eigenvalue weighted by Crippen LogP contribution is 2.30. The third-order valence-electron chi connectivity index (χ3n) is 4.65. The van der Waals surface area contributed by atoms with Crippen LogP contribution in [0.25, 0.3) is 11.0 Å². The van der Waals surface area contributed by atoms with E-state index in [2.05, 4.69) is 40.6 Å². The number of ether oxygens (including phenoxy) is 1. The van der Waals surface area contributed by atoms with E-state index in [0.29, 0.717) is 34.2 Å². The fourth-order valence-electron chi connectivity index (χ4n) is 2.99. The summed E-state index contributed by atoms with van der Waals surface area (Å²) < 4.78 is 36.8. The van der Waals surface area contributed by atoms with E-state index in [0.717, 1.165) is 6.04 Å². The van der Waals surface area contributed by atoms with Gasteiger partial charge in [-0.15, -0.1) is 0 Å². The molecule has 0 saturated heterocycles. The van der Waals surface area contributed by atoms with Gasteiger partial charge in [-0.3, -0.25) is 14.9 Å². The molecule has 2 heterocycles. The Bertz CT molecular complexity index is 1180. The van der Waals surface area contributed by atoms with Crippen LogP contribution in [0.3, 0.4) is 0 Å². The van der Waals surface area contributed by atoms with E-state index in [1.54, 1.807) is 10.6 Å². The van der Waals surface area contributed by atoms with Gasteiger partial charge in [-0.05, 0) is 34.1 Å². The van der Waals surface area contributed by atoms with Crippen molar-refractivity contribution in [2.75, 3.05) is 6.61 Å². The van der Waals surface area contributed by atoms with Crippen molar-refractivity contribution >= 4 is 46.5 Å². The van der Waals surface area contributed by atoms with Crippen LogP contribution in [0, 0.1) is 21.7 Å². The maximum absolute atomic E-state index is 14.6. The highest BCUT2D eigenvalue weighted by atomic mass is 79.9. The monoisotopic (exact) mass is 511 g/mol. The molecule has 0 radical (unpaired) electrons. The summed E-state index contributed by atoms with van der Waals surface area (Å²) in [7, 11) is -1.29. The number of nitro benzene ring substituents is 1. The average Bonchev–Trinajstić information content (AvgIpc) is 3.01. The molecule has 0 spiro atoms. The molecule has 7 nitrogen and oxygen atoms in total. The van der Waals surface area contributed by atoms with Crippen LogP contribution in [0.15, 0.2) is 35.1 Å². The molecule has 164 valence electrons. The standard InChI is InChI=1S/C20H20BrF2N3O4Si/c1-31(2,3)7-6-30-11-25-10-14(13-8-12(21)9-24-20(13)25)19(27)17-15(22)4-5-16(18(17)23)26(28)29/h4-5,8-10H,6-7,11H2,1-3H3. The van der Waals surface area contributed by atoms with Crippen LogP contribution < -0.4 is 0 Å². The van der Waals surface area contributed by atoms with Crippen molar-refractivity contribution in [1.29, 1.82) is 0 Å². The maximum atomic E-state index is 14.6. The highest BCUT2D eigenvalue weighted by Gasteiger charge is 2.29. The van der Waals surface area contributed by atoms with Crippen LogP contribution in [-0.2, 0) is 11.5 Å². The number of carbonyl (C=O) groups is 1. The minimum atomic E-state index is -1.51. The molecule has 3 rings (SSSR count). The van der Waals surface area contributed by atoms with Gasteiger partial charge < -0.3 is 9.30 Å². The van der Waals surface area contributed by atoms with E-state index in [1.165, 1.54) is 12.4 Å². The number of hydrogen-bond acceptors (Lipinski definition) is 5. The van der Waals surface area contributed by atoms with Gasteiger partial charge in [0.2, 0.25) is 11.6 Å². The fraction of sp³-hybridized carbons (Fsp3) is 0.300. The minimum absolute atomic E-state index is 0.0316. The Kier molecular flexibility index (Phi) is 6.67. The number of carbonyl (C=O) groups excluding carboxylic acids is 1. The summed E-state index contributed by atoms with van der Waals surface area (Å²) in [5.41, 5.74) is -1.59. The Morgan fingerprint density at radius 3 is 2.68 bits per heavy atom. The van der Waals surface area contributed by atoms with Crippen LogP contribution in [0.2, 0.25) is 25.7 Å². The summed E-state index contributed by atoms with van der Waals surface area (Å²) in [6, 6.07) is 3.94. The van der Waals surface area contributed by atoms with Crippen molar-refractivity contribution in [1.82, 2.24) is 9.55 Å². The zero-order valence-corrected chi connectivity index (χ0v) is 19.7. The Morgan fingerprint density at radius 1 is 1.32 bits per heavy atom. The Labute approximate surface area is 186 Å². The second-order valence-electron chi connectivity index (χ2n) is 8.23. The third-order valence-corrected chi connectivity index (χ3v) is 6.78. The zero-order valence-electron chi connectivity index (χ0n) is 17.1. The molecule has 11 heteroatoms. The van der Waals surface area contributed by atoms with Gasteiger partial charge in [-0.2, -0.15) is 4.39 Å². The van der Waals surface area contributed by atoms with Crippen molar-refractivity contribution in [2.24, 2.45) is 0 Å². The second-order valence-corrected chi connectivity index (χ2v) is 14.8. The van der Waals surface area contributed by atoms with Gasteiger partial charge in [0.05, 0.1) is 10.5 Å². The number of benzene rings is 1. The van der Waals surface area contributed by atoms with Gasteiger partial charge in [0.25, 0.3) is 0 Å². The Hall–Kier alpha value is -2.50. The topological polar surface area (TPSA) is 87.3 Å². The van der Waals surface area contributed by atoms with Gasteiger partial charge in [-0.25, -0.2) is 9.37 Å². The molecule has 0 bridgehead atoms. The number of fused-ring (bicyclic) bond motifs is 1. The zero-order chi connectivity index (χ0) is 22.9. The summed E-state index contributed by atoms with van der Waals surface area (Å²) in [5.74, 6) is -3.70. The molecule has 0 aliphatic heterocycles. The molecule has 0 saturated carbocycles. The van der Waals surface area contributed by atoms with Gasteiger partial charge >= 0.3 is 5.69 Å². The van der Waals surface area contributed by atoms with Crippen molar-refractivity contribution in [3.05, 3.63) is 67.9 Å². The first-order valence-electron chi connectivity index (χ1n) is 9.39. The van der Waals surface area contributed by atoms with Crippen LogP contribution in [0.1, 0.15) is 15.9 Å². The van der Waals surface area contributed by atoms with Crippen molar-refractivity contribution in [2.45, 2.75) is 32.4 Å². The van der Waals surface area contributed by atoms with Crippen molar-refractivity contribution in [3.63, 3.8) is 0 Å². The summed E-state index contributed by atoms with van der Waals surface area (Å²) in [4.78, 5) is 27.4. The van der Waals surface area contributed by atoms with E-state index < -0.39 is 41.7 Å². The summed E-state index contributed by atoms with van der Waals surface area (Å²) in [6.45, 7) is 7.30. The van der Waals surface area contributed by atoms with E-state index >= 15 is 0 Å². The van der Waals surface area contributed by atoms with Gasteiger partial charge in [0.1, 0.15) is 23.8 Å². The minimum Gasteiger partial charge on any atom is -0.361 e. The first-order chi connectivity index (χ1) is 14.5. The molecule has 1 aromatic carbocycles. The van der Waals surface area contributed by atoms with Crippen LogP contribution in [0.5, 0.6) is 0 Å². The second kappa shape index (κ2) is 8.93. The quantitative estimate of drug-likeness (QED) is 0.130. The summed E-state index contributed by atoms with van der Waals surface area (Å²) in [5, 5.41) is 11.4. The normalized spacial score (nSPS) is 11.8. The number of ketones is 1.